The van der Waals surface area contributed by atoms with Gasteiger partial charge in [-0.1, -0.05) is 29.3 Å². The Bertz CT molecular complexity index is 1030. The van der Waals surface area contributed by atoms with E-state index in [4.69, 9.17) is 33.1 Å². The highest BCUT2D eigenvalue weighted by Crippen LogP contribution is 2.26. The maximum atomic E-state index is 13.8. The number of sulfonamides is 1. The van der Waals surface area contributed by atoms with Crippen LogP contribution in [0.25, 0.3) is 0 Å². The second-order valence-electron chi connectivity index (χ2n) is 5.72. The van der Waals surface area contributed by atoms with Crippen LogP contribution in [-0.2, 0) is 19.6 Å². The van der Waals surface area contributed by atoms with E-state index in [1.165, 1.54) is 6.07 Å². The lowest BCUT2D eigenvalue weighted by molar-refractivity contribution is -0.124. The molecule has 28 heavy (non-hydrogen) atoms. The fraction of sp³-hybridized carbons (Fsp3) is 0.176. The number of hydrogen-bond acceptors (Lipinski definition) is 5. The summed E-state index contributed by atoms with van der Waals surface area (Å²) in [5.74, 6) is -2.90. The predicted molar refractivity (Wildman–Crippen MR) is 101 cm³/mol. The van der Waals surface area contributed by atoms with Crippen molar-refractivity contribution in [3.8, 4) is 0 Å². The van der Waals surface area contributed by atoms with Crippen LogP contribution in [-0.4, -0.2) is 26.9 Å². The van der Waals surface area contributed by atoms with Gasteiger partial charge in [-0.25, -0.2) is 22.7 Å². The third kappa shape index (κ3) is 5.65. The van der Waals surface area contributed by atoms with Gasteiger partial charge in [0.2, 0.25) is 10.0 Å². The Morgan fingerprint density at radius 1 is 1.21 bits per heavy atom. The van der Waals surface area contributed by atoms with Gasteiger partial charge in [0.25, 0.3) is 5.91 Å². The normalized spacial score (nSPS) is 12.3. The predicted octanol–water partition coefficient (Wildman–Crippen LogP) is 2.81. The second-order valence-corrected chi connectivity index (χ2v) is 8.12. The number of nitrogens with two attached hydrogens (primary N) is 1. The molecule has 2 aromatic rings. The highest BCUT2D eigenvalue weighted by molar-refractivity contribution is 7.89. The summed E-state index contributed by atoms with van der Waals surface area (Å²) in [4.78, 5) is 23.5. The number of benzene rings is 2. The Labute approximate surface area is 170 Å². The van der Waals surface area contributed by atoms with Crippen molar-refractivity contribution in [2.75, 3.05) is 6.61 Å². The smallest absolute Gasteiger partial charge is 0.341 e. The first-order chi connectivity index (χ1) is 13.0. The third-order valence-corrected chi connectivity index (χ3v) is 5.10. The molecule has 1 unspecified atom stereocenters. The molecule has 150 valence electrons. The first-order valence-corrected chi connectivity index (χ1v) is 10.0. The third-order valence-electron chi connectivity index (χ3n) is 3.63. The molecular formula is C17H15Cl2FN2O5S. The van der Waals surface area contributed by atoms with Gasteiger partial charge < -0.3 is 10.1 Å². The van der Waals surface area contributed by atoms with Gasteiger partial charge in [0.15, 0.2) is 6.61 Å². The molecule has 0 fully saturated rings. The van der Waals surface area contributed by atoms with Crippen LogP contribution in [0, 0.1) is 5.82 Å². The molecule has 11 heteroatoms. The number of hydrogen-bond donors (Lipinski definition) is 2. The minimum atomic E-state index is -4.14. The largest absolute Gasteiger partial charge is 0.452 e. The molecule has 0 saturated carbocycles. The summed E-state index contributed by atoms with van der Waals surface area (Å²) in [6, 6.07) is 6.65. The number of carbonyl (C=O) groups is 2. The van der Waals surface area contributed by atoms with Gasteiger partial charge in [-0.05, 0) is 42.8 Å². The van der Waals surface area contributed by atoms with Gasteiger partial charge in [-0.2, -0.15) is 0 Å². The molecule has 0 aliphatic heterocycles. The van der Waals surface area contributed by atoms with Crippen LogP contribution >= 0.6 is 23.2 Å². The second kappa shape index (κ2) is 8.87. The van der Waals surface area contributed by atoms with Gasteiger partial charge in [-0.3, -0.25) is 4.79 Å². The van der Waals surface area contributed by atoms with Crippen molar-refractivity contribution < 1.29 is 27.1 Å². The lowest BCUT2D eigenvalue weighted by Gasteiger charge is -2.16. The Hall–Kier alpha value is -2.20. The molecule has 0 bridgehead atoms. The molecule has 7 nitrogen and oxygen atoms in total. The minimum Gasteiger partial charge on any atom is -0.452 e. The van der Waals surface area contributed by atoms with Crippen LogP contribution in [0.15, 0.2) is 41.3 Å². The van der Waals surface area contributed by atoms with E-state index >= 15 is 0 Å². The van der Waals surface area contributed by atoms with Crippen molar-refractivity contribution in [2.24, 2.45) is 5.14 Å². The van der Waals surface area contributed by atoms with Crippen molar-refractivity contribution in [3.63, 3.8) is 0 Å². The number of rotatable bonds is 6. The highest BCUT2D eigenvalue weighted by atomic mass is 35.5. The van der Waals surface area contributed by atoms with Crippen LogP contribution in [0.5, 0.6) is 0 Å². The van der Waals surface area contributed by atoms with Crippen molar-refractivity contribution in [2.45, 2.75) is 17.9 Å². The topological polar surface area (TPSA) is 116 Å². The zero-order valence-corrected chi connectivity index (χ0v) is 16.7. The quantitative estimate of drug-likeness (QED) is 0.659. The average molecular weight is 449 g/mol. The number of carbonyl (C=O) groups excluding carboxylic acids is 2. The van der Waals surface area contributed by atoms with Gasteiger partial charge >= 0.3 is 5.97 Å². The number of ether oxygens (including phenoxy) is 1. The molecule has 1 amide bonds. The summed E-state index contributed by atoms with van der Waals surface area (Å²) in [5, 5.41) is 8.29. The molecule has 0 spiro atoms. The summed E-state index contributed by atoms with van der Waals surface area (Å²) in [6.07, 6.45) is 0. The molecule has 0 aliphatic carbocycles. The summed E-state index contributed by atoms with van der Waals surface area (Å²) < 4.78 is 41.1. The SMILES string of the molecule is CC(NC(=O)COC(=O)c1cc(S(N)(=O)=O)ccc1F)c1ccc(Cl)cc1Cl. The molecular weight excluding hydrogens is 434 g/mol. The molecule has 0 heterocycles. The van der Waals surface area contributed by atoms with Gasteiger partial charge in [-0.15, -0.1) is 0 Å². The Balaban J connectivity index is 2.02. The van der Waals surface area contributed by atoms with Crippen molar-refractivity contribution in [1.82, 2.24) is 5.32 Å². The molecule has 3 N–H and O–H groups in total. The van der Waals surface area contributed by atoms with Crippen LogP contribution in [0.1, 0.15) is 28.9 Å². The van der Waals surface area contributed by atoms with E-state index in [2.05, 4.69) is 5.32 Å². The molecule has 0 aliphatic rings. The zero-order chi connectivity index (χ0) is 21.1. The summed E-state index contributed by atoms with van der Waals surface area (Å²) in [6.45, 7) is 0.942. The van der Waals surface area contributed by atoms with Gasteiger partial charge in [0, 0.05) is 10.0 Å². The fourth-order valence-corrected chi connectivity index (χ4v) is 3.37. The van der Waals surface area contributed by atoms with Crippen molar-refractivity contribution in [1.29, 1.82) is 0 Å². The average Bonchev–Trinajstić information content (AvgIpc) is 2.58. The van der Waals surface area contributed by atoms with E-state index in [-0.39, 0.29) is 0 Å². The van der Waals surface area contributed by atoms with E-state index in [1.54, 1.807) is 19.1 Å². The van der Waals surface area contributed by atoms with Crippen LogP contribution in [0.2, 0.25) is 10.0 Å². The first kappa shape index (κ1) is 22.1. The summed E-state index contributed by atoms with van der Waals surface area (Å²) >= 11 is 11.9. The standard InChI is InChI=1S/C17H15Cl2FN2O5S/c1-9(12-4-2-10(18)6-14(12)19)22-16(23)8-27-17(24)13-7-11(28(21,25)26)3-5-15(13)20/h2-7,9H,8H2,1H3,(H,22,23)(H2,21,25,26). The number of esters is 1. The van der Waals surface area contributed by atoms with Gasteiger partial charge in [0.1, 0.15) is 5.82 Å². The van der Waals surface area contributed by atoms with Crippen LogP contribution in [0.3, 0.4) is 0 Å². The first-order valence-electron chi connectivity index (χ1n) is 7.73. The van der Waals surface area contributed by atoms with Crippen molar-refractivity contribution in [3.05, 3.63) is 63.4 Å². The lowest BCUT2D eigenvalue weighted by atomic mass is 10.1. The lowest BCUT2D eigenvalue weighted by Crippen LogP contribution is -2.31. The Morgan fingerprint density at radius 2 is 1.89 bits per heavy atom. The number of amides is 1. The molecule has 0 saturated heterocycles. The highest BCUT2D eigenvalue weighted by Gasteiger charge is 2.20. The van der Waals surface area contributed by atoms with E-state index in [9.17, 15) is 22.4 Å². The fourth-order valence-electron chi connectivity index (χ4n) is 2.26. The van der Waals surface area contributed by atoms with Crippen LogP contribution in [0.4, 0.5) is 4.39 Å². The summed E-state index contributed by atoms with van der Waals surface area (Å²) in [7, 11) is -4.14. The number of primary sulfonamides is 1. The van der Waals surface area contributed by atoms with E-state index in [1.807, 2.05) is 0 Å². The van der Waals surface area contributed by atoms with Gasteiger partial charge in [0.05, 0.1) is 16.5 Å². The molecule has 1 atom stereocenters. The van der Waals surface area contributed by atoms with E-state index < -0.39 is 50.8 Å². The minimum absolute atomic E-state index is 0.346. The molecule has 0 radical (unpaired) electrons. The molecule has 2 rings (SSSR count). The summed E-state index contributed by atoms with van der Waals surface area (Å²) in [5.41, 5.74) is -0.0641. The Morgan fingerprint density at radius 3 is 2.50 bits per heavy atom. The molecule has 0 aromatic heterocycles. The van der Waals surface area contributed by atoms with Crippen molar-refractivity contribution >= 4 is 45.1 Å². The Kier molecular flexibility index (Phi) is 7.00. The molecule has 2 aromatic carbocycles. The maximum absolute atomic E-state index is 13.8. The maximum Gasteiger partial charge on any atom is 0.341 e. The monoisotopic (exact) mass is 448 g/mol. The van der Waals surface area contributed by atoms with Crippen LogP contribution < -0.4 is 10.5 Å². The van der Waals surface area contributed by atoms with E-state index in [0.717, 1.165) is 18.2 Å². The number of nitrogens with one attached hydrogen (secondary N) is 1. The van der Waals surface area contributed by atoms with E-state index in [0.29, 0.717) is 15.6 Å². The zero-order valence-electron chi connectivity index (χ0n) is 14.4. The number of halogens is 3.